The average Bonchev–Trinajstić information content (AvgIpc) is 2.28. The van der Waals surface area contributed by atoms with Crippen molar-refractivity contribution in [1.29, 1.82) is 0 Å². The number of piperidine rings is 1. The van der Waals surface area contributed by atoms with Crippen LogP contribution in [0.5, 0.6) is 0 Å². The van der Waals surface area contributed by atoms with Crippen molar-refractivity contribution in [2.45, 2.75) is 25.8 Å². The van der Waals surface area contributed by atoms with Gasteiger partial charge >= 0.3 is 0 Å². The second kappa shape index (κ2) is 5.25. The molecule has 5 nitrogen and oxygen atoms in total. The molecule has 0 radical (unpaired) electrons. The second-order valence-electron chi connectivity index (χ2n) is 3.92. The summed E-state index contributed by atoms with van der Waals surface area (Å²) >= 11 is 0. The quantitative estimate of drug-likeness (QED) is 0.738. The fraction of sp³-hybridized carbons (Fsp3) is 1.00. The van der Waals surface area contributed by atoms with Crippen molar-refractivity contribution >= 4 is 10.2 Å². The van der Waals surface area contributed by atoms with Crippen LogP contribution < -0.4 is 5.32 Å². The van der Waals surface area contributed by atoms with E-state index in [1.807, 2.05) is 6.92 Å². The van der Waals surface area contributed by atoms with Gasteiger partial charge in [0.25, 0.3) is 10.2 Å². The molecule has 0 unspecified atom stereocenters. The van der Waals surface area contributed by atoms with E-state index < -0.39 is 10.2 Å². The molecule has 0 atom stereocenters. The van der Waals surface area contributed by atoms with Gasteiger partial charge in [-0.1, -0.05) is 6.92 Å². The highest BCUT2D eigenvalue weighted by Gasteiger charge is 2.29. The maximum atomic E-state index is 12.0. The molecule has 0 amide bonds. The smallest absolute Gasteiger partial charge is 0.281 e. The molecule has 90 valence electrons. The highest BCUT2D eigenvalue weighted by atomic mass is 32.2. The van der Waals surface area contributed by atoms with Crippen LogP contribution in [-0.4, -0.2) is 56.8 Å². The molecule has 1 aliphatic heterocycles. The van der Waals surface area contributed by atoms with Gasteiger partial charge < -0.3 is 5.32 Å². The lowest BCUT2D eigenvalue weighted by atomic mass is 10.1. The van der Waals surface area contributed by atoms with E-state index in [0.717, 1.165) is 25.9 Å². The van der Waals surface area contributed by atoms with Gasteiger partial charge in [0, 0.05) is 26.7 Å². The summed E-state index contributed by atoms with van der Waals surface area (Å²) in [5.74, 6) is 0. The van der Waals surface area contributed by atoms with Crippen molar-refractivity contribution < 1.29 is 8.42 Å². The zero-order valence-corrected chi connectivity index (χ0v) is 10.5. The summed E-state index contributed by atoms with van der Waals surface area (Å²) in [6.45, 7) is 4.16. The molecule has 0 saturated carbocycles. The second-order valence-corrected chi connectivity index (χ2v) is 6.01. The number of nitrogens with zero attached hydrogens (tertiary/aromatic N) is 2. The Balaban J connectivity index is 2.69. The van der Waals surface area contributed by atoms with Gasteiger partial charge in [-0.15, -0.1) is 0 Å². The Hall–Kier alpha value is -0.170. The lowest BCUT2D eigenvalue weighted by molar-refractivity contribution is 0.279. The minimum Gasteiger partial charge on any atom is -0.317 e. The highest BCUT2D eigenvalue weighted by Crippen LogP contribution is 2.15. The van der Waals surface area contributed by atoms with Crippen LogP contribution in [0.3, 0.4) is 0 Å². The molecule has 1 N–H and O–H groups in total. The molecule has 1 rings (SSSR count). The number of hydrogen-bond donors (Lipinski definition) is 1. The van der Waals surface area contributed by atoms with E-state index >= 15 is 0 Å². The van der Waals surface area contributed by atoms with Gasteiger partial charge in [-0.05, 0) is 25.9 Å². The zero-order valence-electron chi connectivity index (χ0n) is 9.73. The third kappa shape index (κ3) is 2.90. The Morgan fingerprint density at radius 3 is 2.27 bits per heavy atom. The van der Waals surface area contributed by atoms with Gasteiger partial charge in [0.05, 0.1) is 0 Å². The van der Waals surface area contributed by atoms with Crippen molar-refractivity contribution in [3.05, 3.63) is 0 Å². The normalized spacial score (nSPS) is 20.1. The lowest BCUT2D eigenvalue weighted by Gasteiger charge is -2.33. The van der Waals surface area contributed by atoms with Crippen LogP contribution in [0.1, 0.15) is 19.8 Å². The van der Waals surface area contributed by atoms with Gasteiger partial charge in [-0.2, -0.15) is 17.0 Å². The van der Waals surface area contributed by atoms with E-state index in [1.165, 1.54) is 8.61 Å². The lowest BCUT2D eigenvalue weighted by Crippen LogP contribution is -2.48. The summed E-state index contributed by atoms with van der Waals surface area (Å²) in [6, 6.07) is 0.144. The first-order chi connectivity index (χ1) is 7.00. The average molecular weight is 235 g/mol. The topological polar surface area (TPSA) is 52.7 Å². The molecule has 1 heterocycles. The number of rotatable bonds is 4. The molecule has 0 aliphatic carbocycles. The first-order valence-corrected chi connectivity index (χ1v) is 6.80. The molecular weight excluding hydrogens is 214 g/mol. The Morgan fingerprint density at radius 2 is 1.80 bits per heavy atom. The molecule has 1 aliphatic rings. The third-order valence-corrected chi connectivity index (χ3v) is 5.10. The van der Waals surface area contributed by atoms with Crippen molar-refractivity contribution in [2.75, 3.05) is 33.7 Å². The van der Waals surface area contributed by atoms with Crippen molar-refractivity contribution in [2.24, 2.45) is 0 Å². The van der Waals surface area contributed by atoms with Crippen LogP contribution in [0.15, 0.2) is 0 Å². The van der Waals surface area contributed by atoms with Gasteiger partial charge in [0.2, 0.25) is 0 Å². The van der Waals surface area contributed by atoms with Crippen LogP contribution in [0.2, 0.25) is 0 Å². The monoisotopic (exact) mass is 235 g/mol. The molecule has 0 spiro atoms. The summed E-state index contributed by atoms with van der Waals surface area (Å²) in [5.41, 5.74) is 0. The summed E-state index contributed by atoms with van der Waals surface area (Å²) < 4.78 is 26.9. The minimum atomic E-state index is -3.25. The van der Waals surface area contributed by atoms with Crippen molar-refractivity contribution in [1.82, 2.24) is 13.9 Å². The van der Waals surface area contributed by atoms with E-state index in [4.69, 9.17) is 0 Å². The molecule has 0 aromatic carbocycles. The third-order valence-electron chi connectivity index (χ3n) is 3.03. The first kappa shape index (κ1) is 12.9. The largest absolute Gasteiger partial charge is 0.317 e. The molecular formula is C9H21N3O2S. The van der Waals surface area contributed by atoms with Gasteiger partial charge in [-0.25, -0.2) is 0 Å². The first-order valence-electron chi connectivity index (χ1n) is 5.40. The van der Waals surface area contributed by atoms with Crippen LogP contribution in [0.25, 0.3) is 0 Å². The molecule has 0 aromatic rings. The maximum Gasteiger partial charge on any atom is 0.281 e. The van der Waals surface area contributed by atoms with Crippen LogP contribution >= 0.6 is 0 Å². The Bertz CT molecular complexity index is 286. The number of nitrogens with one attached hydrogen (secondary N) is 1. The van der Waals surface area contributed by atoms with E-state index in [0.29, 0.717) is 6.54 Å². The van der Waals surface area contributed by atoms with E-state index in [9.17, 15) is 8.42 Å². The Labute approximate surface area is 92.6 Å². The number of hydrogen-bond acceptors (Lipinski definition) is 3. The summed E-state index contributed by atoms with van der Waals surface area (Å²) in [5, 5.41) is 3.23. The molecule has 15 heavy (non-hydrogen) atoms. The molecule has 1 fully saturated rings. The van der Waals surface area contributed by atoms with E-state index in [1.54, 1.807) is 14.1 Å². The molecule has 0 bridgehead atoms. The van der Waals surface area contributed by atoms with Crippen molar-refractivity contribution in [3.63, 3.8) is 0 Å². The highest BCUT2D eigenvalue weighted by molar-refractivity contribution is 7.86. The summed E-state index contributed by atoms with van der Waals surface area (Å²) in [6.07, 6.45) is 1.79. The van der Waals surface area contributed by atoms with Gasteiger partial charge in [-0.3, -0.25) is 0 Å². The summed E-state index contributed by atoms with van der Waals surface area (Å²) in [7, 11) is 0.0462. The van der Waals surface area contributed by atoms with Crippen LogP contribution in [0.4, 0.5) is 0 Å². The van der Waals surface area contributed by atoms with E-state index in [-0.39, 0.29) is 6.04 Å². The minimum absolute atomic E-state index is 0.144. The summed E-state index contributed by atoms with van der Waals surface area (Å²) in [4.78, 5) is 0. The molecule has 1 saturated heterocycles. The molecule has 0 aromatic heterocycles. The van der Waals surface area contributed by atoms with Crippen molar-refractivity contribution in [3.8, 4) is 0 Å². The van der Waals surface area contributed by atoms with E-state index in [2.05, 4.69) is 5.32 Å². The fourth-order valence-corrected chi connectivity index (χ4v) is 3.10. The Morgan fingerprint density at radius 1 is 1.27 bits per heavy atom. The maximum absolute atomic E-state index is 12.0. The SMILES string of the molecule is CCN(C)S(=O)(=O)N(C)C1CCNCC1. The molecule has 6 heteroatoms. The zero-order chi connectivity index (χ0) is 11.5. The van der Waals surface area contributed by atoms with Gasteiger partial charge in [0.15, 0.2) is 0 Å². The Kier molecular flexibility index (Phi) is 4.51. The fourth-order valence-electron chi connectivity index (χ4n) is 1.74. The van der Waals surface area contributed by atoms with Gasteiger partial charge in [0.1, 0.15) is 0 Å². The van der Waals surface area contributed by atoms with Crippen LogP contribution in [-0.2, 0) is 10.2 Å². The predicted octanol–water partition coefficient (Wildman–Crippen LogP) is -0.133. The van der Waals surface area contributed by atoms with Crippen LogP contribution in [0, 0.1) is 0 Å². The predicted molar refractivity (Wildman–Crippen MR) is 60.9 cm³/mol. The standard InChI is InChI=1S/C9H21N3O2S/c1-4-11(2)15(13,14)12(3)9-5-7-10-8-6-9/h9-10H,4-8H2,1-3H3.